The van der Waals surface area contributed by atoms with E-state index in [9.17, 15) is 14.9 Å². The first-order valence-corrected chi connectivity index (χ1v) is 8.57. The summed E-state index contributed by atoms with van der Waals surface area (Å²) in [6, 6.07) is 9.23. The first-order chi connectivity index (χ1) is 13.4. The van der Waals surface area contributed by atoms with Crippen molar-refractivity contribution in [3.8, 4) is 6.07 Å². The van der Waals surface area contributed by atoms with Crippen LogP contribution in [0.5, 0.6) is 0 Å². The summed E-state index contributed by atoms with van der Waals surface area (Å²) < 4.78 is 10.5. The number of hydrogen-bond acceptors (Lipinski definition) is 6. The van der Waals surface area contributed by atoms with E-state index in [-0.39, 0.29) is 35.0 Å². The molecule has 2 heterocycles. The number of pyridine rings is 1. The first kappa shape index (κ1) is 19.0. The molecule has 0 spiro atoms. The van der Waals surface area contributed by atoms with Crippen LogP contribution in [0.4, 0.5) is 0 Å². The third kappa shape index (κ3) is 3.28. The number of rotatable bonds is 4. The molecule has 0 fully saturated rings. The second-order valence-corrected chi connectivity index (χ2v) is 6.43. The molecule has 7 nitrogen and oxygen atoms in total. The third-order valence-electron chi connectivity index (χ3n) is 4.50. The molecule has 2 aromatic rings. The number of ether oxygens (including phenoxy) is 2. The predicted molar refractivity (Wildman–Crippen MR) is 104 cm³/mol. The summed E-state index contributed by atoms with van der Waals surface area (Å²) in [7, 11) is 0. The number of aryl methyl sites for hydroxylation is 1. The zero-order valence-electron chi connectivity index (χ0n) is 15.5. The summed E-state index contributed by atoms with van der Waals surface area (Å²) in [5.41, 5.74) is 7.35. The van der Waals surface area contributed by atoms with Gasteiger partial charge in [-0.25, -0.2) is 4.79 Å². The molecule has 1 aliphatic rings. The van der Waals surface area contributed by atoms with E-state index in [1.165, 1.54) is 13.0 Å². The Balaban J connectivity index is 2.24. The Labute approximate surface area is 161 Å². The van der Waals surface area contributed by atoms with Gasteiger partial charge in [0.15, 0.2) is 0 Å². The third-order valence-corrected chi connectivity index (χ3v) is 4.50. The van der Waals surface area contributed by atoms with Gasteiger partial charge in [0.2, 0.25) is 5.88 Å². The van der Waals surface area contributed by atoms with E-state index in [0.29, 0.717) is 5.52 Å². The average Bonchev–Trinajstić information content (AvgIpc) is 2.65. The lowest BCUT2D eigenvalue weighted by Crippen LogP contribution is -2.29. The van der Waals surface area contributed by atoms with Gasteiger partial charge in [0.05, 0.1) is 11.5 Å². The summed E-state index contributed by atoms with van der Waals surface area (Å²) in [5, 5.41) is 10.4. The number of fused-ring (bicyclic) bond motifs is 1. The maximum Gasteiger partial charge on any atom is 0.338 e. The quantitative estimate of drug-likeness (QED) is 0.625. The summed E-state index contributed by atoms with van der Waals surface area (Å²) in [4.78, 5) is 28.3. The maximum atomic E-state index is 12.8. The molecule has 0 saturated carbocycles. The van der Waals surface area contributed by atoms with Crippen LogP contribution < -0.4 is 11.3 Å². The van der Waals surface area contributed by atoms with Crippen LogP contribution in [-0.4, -0.2) is 17.6 Å². The van der Waals surface area contributed by atoms with E-state index in [2.05, 4.69) is 11.6 Å². The molecule has 1 aromatic carbocycles. The van der Waals surface area contributed by atoms with Crippen LogP contribution in [0.2, 0.25) is 0 Å². The number of hydrogen-bond donors (Lipinski definition) is 2. The van der Waals surface area contributed by atoms with Gasteiger partial charge in [-0.3, -0.25) is 4.79 Å². The van der Waals surface area contributed by atoms with Crippen molar-refractivity contribution < 1.29 is 14.3 Å². The standard InChI is InChI=1S/C21H19N3O4/c1-4-7-27-21(26)17-12(3)28-19(23)15(10-22)18(17)14-9-13-6-5-11(2)8-16(13)24-20(14)25/h4-6,8-9,18H,1,7,23H2,2-3H3,(H,24,25). The van der Waals surface area contributed by atoms with E-state index in [0.717, 1.165) is 10.9 Å². The Morgan fingerprint density at radius 3 is 2.86 bits per heavy atom. The number of nitrogens with zero attached hydrogens (tertiary/aromatic N) is 1. The molecule has 0 aliphatic carbocycles. The molecule has 7 heteroatoms. The van der Waals surface area contributed by atoms with Crippen molar-refractivity contribution in [3.63, 3.8) is 0 Å². The van der Waals surface area contributed by atoms with Crippen LogP contribution >= 0.6 is 0 Å². The van der Waals surface area contributed by atoms with Gasteiger partial charge < -0.3 is 20.2 Å². The molecule has 3 rings (SSSR count). The van der Waals surface area contributed by atoms with Gasteiger partial charge in [0, 0.05) is 11.1 Å². The highest BCUT2D eigenvalue weighted by molar-refractivity contribution is 5.93. The molecule has 3 N–H and O–H groups in total. The van der Waals surface area contributed by atoms with Gasteiger partial charge in [-0.05, 0) is 36.9 Å². The molecule has 1 atom stereocenters. The largest absolute Gasteiger partial charge is 0.458 e. The fourth-order valence-corrected chi connectivity index (χ4v) is 3.22. The molecule has 0 bridgehead atoms. The summed E-state index contributed by atoms with van der Waals surface area (Å²) in [6.07, 6.45) is 1.42. The number of nitrogens with one attached hydrogen (secondary N) is 1. The van der Waals surface area contributed by atoms with Gasteiger partial charge in [0.1, 0.15) is 24.0 Å². The van der Waals surface area contributed by atoms with E-state index >= 15 is 0 Å². The fourth-order valence-electron chi connectivity index (χ4n) is 3.22. The number of benzene rings is 1. The van der Waals surface area contributed by atoms with Crippen molar-refractivity contribution >= 4 is 16.9 Å². The molecule has 1 unspecified atom stereocenters. The molecule has 0 saturated heterocycles. The van der Waals surface area contributed by atoms with Crippen molar-refractivity contribution in [1.82, 2.24) is 4.98 Å². The monoisotopic (exact) mass is 377 g/mol. The highest BCUT2D eigenvalue weighted by Crippen LogP contribution is 2.38. The van der Waals surface area contributed by atoms with Crippen LogP contribution in [0, 0.1) is 18.3 Å². The maximum absolute atomic E-state index is 12.8. The number of esters is 1. The lowest BCUT2D eigenvalue weighted by molar-refractivity contribution is -0.138. The molecular formula is C21H19N3O4. The van der Waals surface area contributed by atoms with Crippen molar-refractivity contribution in [2.24, 2.45) is 5.73 Å². The topological polar surface area (TPSA) is 118 Å². The molecule has 28 heavy (non-hydrogen) atoms. The average molecular weight is 377 g/mol. The van der Waals surface area contributed by atoms with Crippen molar-refractivity contribution in [2.45, 2.75) is 19.8 Å². The Bertz CT molecular complexity index is 1150. The molecule has 1 aliphatic heterocycles. The van der Waals surface area contributed by atoms with Crippen LogP contribution in [0.3, 0.4) is 0 Å². The van der Waals surface area contributed by atoms with Gasteiger partial charge in [-0.1, -0.05) is 24.8 Å². The van der Waals surface area contributed by atoms with Gasteiger partial charge in [-0.2, -0.15) is 5.26 Å². The predicted octanol–water partition coefficient (Wildman–Crippen LogP) is 2.65. The Morgan fingerprint density at radius 1 is 1.43 bits per heavy atom. The van der Waals surface area contributed by atoms with E-state index in [1.807, 2.05) is 31.2 Å². The zero-order valence-corrected chi connectivity index (χ0v) is 15.5. The van der Waals surface area contributed by atoms with Crippen LogP contribution in [0.25, 0.3) is 10.9 Å². The minimum Gasteiger partial charge on any atom is -0.458 e. The van der Waals surface area contributed by atoms with Crippen LogP contribution in [-0.2, 0) is 14.3 Å². The van der Waals surface area contributed by atoms with E-state index in [1.54, 1.807) is 6.07 Å². The van der Waals surface area contributed by atoms with Gasteiger partial charge in [-0.15, -0.1) is 0 Å². The number of aromatic nitrogens is 1. The van der Waals surface area contributed by atoms with Crippen molar-refractivity contribution in [3.05, 3.63) is 81.2 Å². The number of carbonyl (C=O) groups is 1. The van der Waals surface area contributed by atoms with E-state index < -0.39 is 17.4 Å². The minimum atomic E-state index is -0.995. The summed E-state index contributed by atoms with van der Waals surface area (Å²) >= 11 is 0. The van der Waals surface area contributed by atoms with Crippen molar-refractivity contribution in [2.75, 3.05) is 6.61 Å². The lowest BCUT2D eigenvalue weighted by atomic mass is 9.83. The molecule has 0 radical (unpaired) electrons. The van der Waals surface area contributed by atoms with E-state index in [4.69, 9.17) is 15.2 Å². The summed E-state index contributed by atoms with van der Waals surface area (Å²) in [6.45, 7) is 6.95. The molecule has 0 amide bonds. The molecule has 1 aromatic heterocycles. The Morgan fingerprint density at radius 2 is 2.18 bits per heavy atom. The Hall–Kier alpha value is -3.79. The first-order valence-electron chi connectivity index (χ1n) is 8.57. The second-order valence-electron chi connectivity index (χ2n) is 6.43. The van der Waals surface area contributed by atoms with Crippen LogP contribution in [0.1, 0.15) is 24.0 Å². The highest BCUT2D eigenvalue weighted by Gasteiger charge is 2.37. The summed E-state index contributed by atoms with van der Waals surface area (Å²) in [5.74, 6) is -1.66. The van der Waals surface area contributed by atoms with Gasteiger partial charge >= 0.3 is 5.97 Å². The Kier molecular flexibility index (Phi) is 5.05. The number of carbonyl (C=O) groups excluding carboxylic acids is 1. The highest BCUT2D eigenvalue weighted by atomic mass is 16.5. The van der Waals surface area contributed by atoms with Crippen molar-refractivity contribution in [1.29, 1.82) is 5.26 Å². The number of allylic oxidation sites excluding steroid dienone is 2. The number of nitriles is 1. The van der Waals surface area contributed by atoms with Gasteiger partial charge in [0.25, 0.3) is 5.56 Å². The normalized spacial score (nSPS) is 16.5. The zero-order chi connectivity index (χ0) is 20.4. The van der Waals surface area contributed by atoms with Crippen LogP contribution in [0.15, 0.2) is 64.5 Å². The molecular weight excluding hydrogens is 358 g/mol. The number of H-pyrrole nitrogens is 1. The smallest absolute Gasteiger partial charge is 0.338 e. The number of nitrogens with two attached hydrogens (primary N) is 1. The molecule has 142 valence electrons. The number of aromatic amines is 1. The minimum absolute atomic E-state index is 0.0171. The fraction of sp³-hybridized carbons (Fsp3) is 0.190. The lowest BCUT2D eigenvalue weighted by Gasteiger charge is -2.26. The SMILES string of the molecule is C=CCOC(=O)C1=C(C)OC(N)=C(C#N)C1c1cc2ccc(C)cc2[nH]c1=O. The second kappa shape index (κ2) is 7.45.